The zero-order valence-electron chi connectivity index (χ0n) is 16.9. The number of hydrogen-bond acceptors (Lipinski definition) is 4. The van der Waals surface area contributed by atoms with Gasteiger partial charge in [-0.15, -0.1) is 0 Å². The quantitative estimate of drug-likeness (QED) is 0.561. The number of nitrogens with zero attached hydrogens (tertiary/aromatic N) is 1. The molecule has 7 heteroatoms. The van der Waals surface area contributed by atoms with Gasteiger partial charge in [-0.3, -0.25) is 0 Å². The average molecular weight is 376 g/mol. The largest absolute Gasteiger partial charge is 0.478 e. The highest BCUT2D eigenvalue weighted by atomic mass is 28.5. The van der Waals surface area contributed by atoms with Gasteiger partial charge in [-0.05, 0) is 66.1 Å². The fourth-order valence-corrected chi connectivity index (χ4v) is 16.0. The van der Waals surface area contributed by atoms with Crippen molar-refractivity contribution >= 4 is 31.1 Å². The Morgan fingerprint density at radius 2 is 1.52 bits per heavy atom. The number of rotatable bonds is 8. The minimum Gasteiger partial charge on any atom is -0.478 e. The van der Waals surface area contributed by atoms with Crippen molar-refractivity contribution in [3.05, 3.63) is 0 Å². The molecule has 0 saturated heterocycles. The smallest absolute Gasteiger partial charge is 0.315 e. The molecule has 0 fully saturated rings. The Labute approximate surface area is 146 Å². The molecule has 0 saturated carbocycles. The third kappa shape index (κ3) is 7.64. The molecule has 0 aromatic carbocycles. The topological polar surface area (TPSA) is 40.0 Å². The monoisotopic (exact) mass is 375 g/mol. The molecule has 0 spiro atoms. The van der Waals surface area contributed by atoms with Gasteiger partial charge in [-0.2, -0.15) is 0 Å². The Morgan fingerprint density at radius 1 is 1.04 bits per heavy atom. The third-order valence-corrected chi connectivity index (χ3v) is 13.1. The van der Waals surface area contributed by atoms with Crippen molar-refractivity contribution in [2.45, 2.75) is 84.6 Å². The molecular formula is C16H37NO3Si3. The van der Waals surface area contributed by atoms with Crippen LogP contribution < -0.4 is 0 Å². The summed E-state index contributed by atoms with van der Waals surface area (Å²) in [6.45, 7) is 22.9. The molecule has 0 N–H and O–H groups in total. The maximum Gasteiger partial charge on any atom is 0.315 e. The summed E-state index contributed by atoms with van der Waals surface area (Å²) in [5.74, 6) is 1.22. The lowest BCUT2D eigenvalue weighted by atomic mass is 10.1. The molecule has 136 valence electrons. The second-order valence-corrected chi connectivity index (χ2v) is 22.2. The molecule has 1 heterocycles. The van der Waals surface area contributed by atoms with Crippen LogP contribution in [0.15, 0.2) is 4.99 Å². The van der Waals surface area contributed by atoms with Crippen LogP contribution in [0.5, 0.6) is 0 Å². The van der Waals surface area contributed by atoms with Crippen molar-refractivity contribution < 1.29 is 13.0 Å². The lowest BCUT2D eigenvalue weighted by Gasteiger charge is -2.40. The first-order chi connectivity index (χ1) is 10.1. The van der Waals surface area contributed by atoms with Crippen molar-refractivity contribution in [3.63, 3.8) is 0 Å². The third-order valence-electron chi connectivity index (χ3n) is 3.49. The van der Waals surface area contributed by atoms with E-state index < -0.39 is 25.2 Å². The SMILES string of the molecule is CCC(C[Si](C)(O[Si](C)(C)C)O[Si](C)(C)C)C1=NC(C)(C)CO1. The summed E-state index contributed by atoms with van der Waals surface area (Å²) in [5, 5.41) is 0. The van der Waals surface area contributed by atoms with Crippen LogP contribution in [0.3, 0.4) is 0 Å². The van der Waals surface area contributed by atoms with Crippen LogP contribution in [0.25, 0.3) is 0 Å². The zero-order valence-corrected chi connectivity index (χ0v) is 19.9. The predicted octanol–water partition coefficient (Wildman–Crippen LogP) is 4.99. The molecule has 0 amide bonds. The highest BCUT2D eigenvalue weighted by molar-refractivity contribution is 6.87. The summed E-state index contributed by atoms with van der Waals surface area (Å²) < 4.78 is 19.2. The van der Waals surface area contributed by atoms with Gasteiger partial charge in [0, 0.05) is 12.0 Å². The van der Waals surface area contributed by atoms with Crippen LogP contribution in [0.1, 0.15) is 27.2 Å². The molecule has 0 aromatic heterocycles. The Kier molecular flexibility index (Phi) is 6.52. The average Bonchev–Trinajstić information content (AvgIpc) is 2.61. The maximum absolute atomic E-state index is 6.62. The van der Waals surface area contributed by atoms with Gasteiger partial charge in [-0.1, -0.05) is 6.92 Å². The van der Waals surface area contributed by atoms with Crippen LogP contribution in [-0.2, 0) is 13.0 Å². The normalized spacial score (nSPS) is 20.2. The van der Waals surface area contributed by atoms with Crippen molar-refractivity contribution in [3.8, 4) is 0 Å². The van der Waals surface area contributed by atoms with Crippen LogP contribution in [0.4, 0.5) is 0 Å². The lowest BCUT2D eigenvalue weighted by Crippen LogP contribution is -2.53. The molecule has 1 atom stereocenters. The molecule has 0 bridgehead atoms. The molecule has 0 aliphatic carbocycles. The molecule has 4 nitrogen and oxygen atoms in total. The number of aliphatic imine (C=N–C) groups is 1. The molecule has 23 heavy (non-hydrogen) atoms. The standard InChI is InChI=1S/C16H37NO3Si3/c1-11-14(15-17-16(2,3)13-18-15)12-23(10,19-21(4,5)6)20-22(7,8)9/h14H,11-13H2,1-10H3. The molecule has 0 aromatic rings. The minimum atomic E-state index is -2.26. The van der Waals surface area contributed by atoms with Crippen molar-refractivity contribution in [1.82, 2.24) is 0 Å². The Bertz CT molecular complexity index is 423. The summed E-state index contributed by atoms with van der Waals surface area (Å²) >= 11 is 0. The maximum atomic E-state index is 6.62. The molecule has 1 unspecified atom stereocenters. The van der Waals surface area contributed by atoms with Gasteiger partial charge < -0.3 is 13.0 Å². The van der Waals surface area contributed by atoms with Crippen LogP contribution in [-0.4, -0.2) is 43.2 Å². The van der Waals surface area contributed by atoms with Gasteiger partial charge in [0.2, 0.25) is 0 Å². The van der Waals surface area contributed by atoms with Crippen molar-refractivity contribution in [1.29, 1.82) is 0 Å². The summed E-state index contributed by atoms with van der Waals surface area (Å²) in [7, 11) is -5.58. The molecule has 1 rings (SSSR count). The summed E-state index contributed by atoms with van der Waals surface area (Å²) in [5.41, 5.74) is -0.0972. The van der Waals surface area contributed by atoms with E-state index in [-0.39, 0.29) is 5.54 Å². The number of hydrogen-bond donors (Lipinski definition) is 0. The van der Waals surface area contributed by atoms with E-state index in [9.17, 15) is 0 Å². The molecule has 1 aliphatic rings. The van der Waals surface area contributed by atoms with E-state index in [1.54, 1.807) is 0 Å². The first kappa shape index (κ1) is 21.1. The fraction of sp³-hybridized carbons (Fsp3) is 0.938. The highest BCUT2D eigenvalue weighted by Gasteiger charge is 2.44. The van der Waals surface area contributed by atoms with E-state index in [0.29, 0.717) is 12.5 Å². The Balaban J connectivity index is 2.98. The fourth-order valence-electron chi connectivity index (χ4n) is 3.08. The van der Waals surface area contributed by atoms with E-state index >= 15 is 0 Å². The molecule has 1 aliphatic heterocycles. The second kappa shape index (κ2) is 7.11. The van der Waals surface area contributed by atoms with Gasteiger partial charge >= 0.3 is 8.56 Å². The highest BCUT2D eigenvalue weighted by Crippen LogP contribution is 2.32. The second-order valence-electron chi connectivity index (χ2n) is 9.42. The first-order valence-electron chi connectivity index (χ1n) is 8.78. The van der Waals surface area contributed by atoms with E-state index in [4.69, 9.17) is 18.0 Å². The van der Waals surface area contributed by atoms with Crippen LogP contribution in [0, 0.1) is 5.92 Å². The van der Waals surface area contributed by atoms with Gasteiger partial charge in [0.05, 0.1) is 5.54 Å². The van der Waals surface area contributed by atoms with E-state index in [2.05, 4.69) is 66.6 Å². The van der Waals surface area contributed by atoms with Gasteiger partial charge in [0.15, 0.2) is 22.5 Å². The molecular weight excluding hydrogens is 338 g/mol. The number of ether oxygens (including phenoxy) is 1. The van der Waals surface area contributed by atoms with Crippen molar-refractivity contribution in [2.75, 3.05) is 6.61 Å². The van der Waals surface area contributed by atoms with Gasteiger partial charge in [0.25, 0.3) is 0 Å². The molecule has 0 radical (unpaired) electrons. The van der Waals surface area contributed by atoms with E-state index in [1.165, 1.54) is 0 Å². The van der Waals surface area contributed by atoms with Gasteiger partial charge in [-0.25, -0.2) is 4.99 Å². The zero-order chi connectivity index (χ0) is 18.1. The van der Waals surface area contributed by atoms with E-state index in [0.717, 1.165) is 18.4 Å². The van der Waals surface area contributed by atoms with Crippen LogP contribution >= 0.6 is 0 Å². The minimum absolute atomic E-state index is 0.0972. The summed E-state index contributed by atoms with van der Waals surface area (Å²) in [6, 6.07) is 0.937. The summed E-state index contributed by atoms with van der Waals surface area (Å²) in [4.78, 5) is 4.80. The van der Waals surface area contributed by atoms with E-state index in [1.807, 2.05) is 0 Å². The van der Waals surface area contributed by atoms with Gasteiger partial charge in [0.1, 0.15) is 6.61 Å². The predicted molar refractivity (Wildman–Crippen MR) is 107 cm³/mol. The summed E-state index contributed by atoms with van der Waals surface area (Å²) in [6.07, 6.45) is 1.02. The Morgan fingerprint density at radius 3 is 1.83 bits per heavy atom. The first-order valence-corrected chi connectivity index (χ1v) is 18.1. The lowest BCUT2D eigenvalue weighted by molar-refractivity contribution is 0.263. The van der Waals surface area contributed by atoms with Crippen LogP contribution in [0.2, 0.25) is 51.9 Å². The Hall–Kier alpha value is 0.0406. The van der Waals surface area contributed by atoms with Crippen molar-refractivity contribution in [2.24, 2.45) is 10.9 Å².